The van der Waals surface area contributed by atoms with Crippen molar-refractivity contribution in [1.82, 2.24) is 0 Å². The van der Waals surface area contributed by atoms with Gasteiger partial charge in [-0.05, 0) is 31.0 Å². The van der Waals surface area contributed by atoms with E-state index in [1.807, 2.05) is 32.0 Å². The van der Waals surface area contributed by atoms with Crippen LogP contribution < -0.4 is 9.64 Å². The quantitative estimate of drug-likeness (QED) is 0.886. The summed E-state index contributed by atoms with van der Waals surface area (Å²) < 4.78 is 5.69. The lowest BCUT2D eigenvalue weighted by molar-refractivity contribution is -0.117. The number of nitrogens with zero attached hydrogens (tertiary/aromatic N) is 1. The number of rotatable bonds is 4. The number of benzene rings is 1. The third kappa shape index (κ3) is 2.64. The van der Waals surface area contributed by atoms with Gasteiger partial charge in [0, 0.05) is 0 Å². The second kappa shape index (κ2) is 5.40. The van der Waals surface area contributed by atoms with Crippen molar-refractivity contribution < 1.29 is 14.6 Å². The van der Waals surface area contributed by atoms with E-state index in [-0.39, 0.29) is 12.3 Å². The topological polar surface area (TPSA) is 49.8 Å². The zero-order valence-electron chi connectivity index (χ0n) is 10.8. The predicted molar refractivity (Wildman–Crippen MR) is 69.9 cm³/mol. The number of ether oxygens (including phenoxy) is 1. The number of hydrogen-bond donors (Lipinski definition) is 1. The van der Waals surface area contributed by atoms with Crippen LogP contribution in [0.1, 0.15) is 25.3 Å². The van der Waals surface area contributed by atoms with Gasteiger partial charge in [-0.2, -0.15) is 0 Å². The second-order valence-electron chi connectivity index (χ2n) is 4.68. The van der Waals surface area contributed by atoms with Crippen molar-refractivity contribution in [3.63, 3.8) is 0 Å². The molecule has 1 aliphatic heterocycles. The Hall–Kier alpha value is -1.55. The molecule has 1 aromatic carbocycles. The molecule has 2 rings (SSSR count). The molecule has 1 atom stereocenters. The summed E-state index contributed by atoms with van der Waals surface area (Å²) >= 11 is 0. The zero-order chi connectivity index (χ0) is 13.1. The van der Waals surface area contributed by atoms with Gasteiger partial charge in [0.2, 0.25) is 5.91 Å². The van der Waals surface area contributed by atoms with E-state index in [1.165, 1.54) is 0 Å². The van der Waals surface area contributed by atoms with E-state index in [0.717, 1.165) is 23.4 Å². The van der Waals surface area contributed by atoms with E-state index in [0.29, 0.717) is 13.2 Å². The Kier molecular flexibility index (Phi) is 3.87. The van der Waals surface area contributed by atoms with Gasteiger partial charge in [0.15, 0.2) is 0 Å². The summed E-state index contributed by atoms with van der Waals surface area (Å²) in [4.78, 5) is 13.4. The number of β-amino-alcohol motifs (C(OH)–C–C–N with tert-alkyl or cyclic N) is 1. The molecule has 1 N–H and O–H groups in total. The lowest BCUT2D eigenvalue weighted by Crippen LogP contribution is -2.25. The molecular weight excluding hydrogens is 230 g/mol. The maximum absolute atomic E-state index is 11.8. The Morgan fingerprint density at radius 2 is 2.28 bits per heavy atom. The average Bonchev–Trinajstić information content (AvgIpc) is 2.66. The van der Waals surface area contributed by atoms with Crippen LogP contribution in [0.3, 0.4) is 0 Å². The summed E-state index contributed by atoms with van der Waals surface area (Å²) in [6.45, 7) is 5.01. The summed E-state index contributed by atoms with van der Waals surface area (Å²) in [6, 6.07) is 5.77. The zero-order valence-corrected chi connectivity index (χ0v) is 10.8. The Bertz CT molecular complexity index is 445. The lowest BCUT2D eigenvalue weighted by atomic mass is 10.2. The van der Waals surface area contributed by atoms with Crippen LogP contribution in [-0.4, -0.2) is 30.3 Å². The standard InChI is InChI=1S/C14H19NO3/c1-3-6-18-13-7-10(2)4-5-12(13)15-9-11(16)8-14(15)17/h4-5,7,11,16H,3,6,8-9H2,1-2H3. The Morgan fingerprint density at radius 3 is 2.89 bits per heavy atom. The van der Waals surface area contributed by atoms with Crippen molar-refractivity contribution in [3.8, 4) is 5.75 Å². The number of amides is 1. The minimum atomic E-state index is -0.571. The lowest BCUT2D eigenvalue weighted by Gasteiger charge is -2.20. The largest absolute Gasteiger partial charge is 0.491 e. The molecule has 4 heteroatoms. The van der Waals surface area contributed by atoms with Gasteiger partial charge in [-0.25, -0.2) is 0 Å². The number of aliphatic hydroxyl groups excluding tert-OH is 1. The number of hydrogen-bond acceptors (Lipinski definition) is 3. The molecule has 0 bridgehead atoms. The average molecular weight is 249 g/mol. The molecule has 1 fully saturated rings. The van der Waals surface area contributed by atoms with Crippen molar-refractivity contribution in [1.29, 1.82) is 0 Å². The van der Waals surface area contributed by atoms with Crippen LogP contribution in [0.4, 0.5) is 5.69 Å². The maximum atomic E-state index is 11.8. The molecule has 18 heavy (non-hydrogen) atoms. The minimum absolute atomic E-state index is 0.0484. The fraction of sp³-hybridized carbons (Fsp3) is 0.500. The first-order chi connectivity index (χ1) is 8.61. The van der Waals surface area contributed by atoms with Crippen LogP contribution in [0.15, 0.2) is 18.2 Å². The Balaban J connectivity index is 2.28. The van der Waals surface area contributed by atoms with E-state index in [4.69, 9.17) is 4.74 Å². The molecule has 1 heterocycles. The van der Waals surface area contributed by atoms with E-state index in [2.05, 4.69) is 0 Å². The fourth-order valence-electron chi connectivity index (χ4n) is 2.09. The summed E-state index contributed by atoms with van der Waals surface area (Å²) in [5.41, 5.74) is 1.85. The summed E-state index contributed by atoms with van der Waals surface area (Å²) in [5, 5.41) is 9.55. The molecule has 4 nitrogen and oxygen atoms in total. The molecule has 0 spiro atoms. The molecule has 0 aromatic heterocycles. The second-order valence-corrected chi connectivity index (χ2v) is 4.68. The van der Waals surface area contributed by atoms with Gasteiger partial charge < -0.3 is 14.7 Å². The van der Waals surface area contributed by atoms with Crippen molar-refractivity contribution >= 4 is 11.6 Å². The smallest absolute Gasteiger partial charge is 0.229 e. The first-order valence-corrected chi connectivity index (χ1v) is 6.33. The first kappa shape index (κ1) is 12.9. The SMILES string of the molecule is CCCOc1cc(C)ccc1N1CC(O)CC1=O. The van der Waals surface area contributed by atoms with Crippen LogP contribution >= 0.6 is 0 Å². The fourth-order valence-corrected chi connectivity index (χ4v) is 2.09. The monoisotopic (exact) mass is 249 g/mol. The van der Waals surface area contributed by atoms with Gasteiger partial charge in [-0.3, -0.25) is 4.79 Å². The molecule has 1 unspecified atom stereocenters. The van der Waals surface area contributed by atoms with E-state index in [9.17, 15) is 9.90 Å². The highest BCUT2D eigenvalue weighted by atomic mass is 16.5. The van der Waals surface area contributed by atoms with Crippen LogP contribution in [-0.2, 0) is 4.79 Å². The highest BCUT2D eigenvalue weighted by Gasteiger charge is 2.30. The van der Waals surface area contributed by atoms with Gasteiger partial charge in [0.05, 0.1) is 31.4 Å². The third-order valence-corrected chi connectivity index (χ3v) is 2.97. The maximum Gasteiger partial charge on any atom is 0.229 e. The summed E-state index contributed by atoms with van der Waals surface area (Å²) in [5.74, 6) is 0.673. The van der Waals surface area contributed by atoms with Crippen molar-refractivity contribution in [2.75, 3.05) is 18.1 Å². The van der Waals surface area contributed by atoms with Crippen molar-refractivity contribution in [2.24, 2.45) is 0 Å². The molecule has 98 valence electrons. The van der Waals surface area contributed by atoms with Crippen LogP contribution in [0.5, 0.6) is 5.75 Å². The highest BCUT2D eigenvalue weighted by Crippen LogP contribution is 2.32. The van der Waals surface area contributed by atoms with Gasteiger partial charge >= 0.3 is 0 Å². The van der Waals surface area contributed by atoms with E-state index >= 15 is 0 Å². The minimum Gasteiger partial charge on any atom is -0.491 e. The van der Waals surface area contributed by atoms with Gasteiger partial charge in [-0.15, -0.1) is 0 Å². The van der Waals surface area contributed by atoms with Crippen molar-refractivity contribution in [2.45, 2.75) is 32.8 Å². The number of aliphatic hydroxyl groups is 1. The van der Waals surface area contributed by atoms with Crippen molar-refractivity contribution in [3.05, 3.63) is 23.8 Å². The predicted octanol–water partition coefficient (Wildman–Crippen LogP) is 1.88. The molecular formula is C14H19NO3. The first-order valence-electron chi connectivity index (χ1n) is 6.33. The van der Waals surface area contributed by atoms with Gasteiger partial charge in [-0.1, -0.05) is 13.0 Å². The molecule has 1 saturated heterocycles. The van der Waals surface area contributed by atoms with Crippen LogP contribution in [0, 0.1) is 6.92 Å². The molecule has 0 aliphatic carbocycles. The summed E-state index contributed by atoms with van der Waals surface area (Å²) in [6.07, 6.45) is 0.545. The Labute approximate surface area is 107 Å². The normalized spacial score (nSPS) is 19.4. The molecule has 1 amide bonds. The van der Waals surface area contributed by atoms with E-state index in [1.54, 1.807) is 4.90 Å². The van der Waals surface area contributed by atoms with Crippen LogP contribution in [0.2, 0.25) is 0 Å². The van der Waals surface area contributed by atoms with E-state index < -0.39 is 6.10 Å². The van der Waals surface area contributed by atoms with Gasteiger partial charge in [0.1, 0.15) is 5.75 Å². The number of aryl methyl sites for hydroxylation is 1. The summed E-state index contributed by atoms with van der Waals surface area (Å²) in [7, 11) is 0. The molecule has 1 aliphatic rings. The number of carbonyl (C=O) groups excluding carboxylic acids is 1. The third-order valence-electron chi connectivity index (χ3n) is 2.97. The Morgan fingerprint density at radius 1 is 1.50 bits per heavy atom. The molecule has 1 aromatic rings. The van der Waals surface area contributed by atoms with Crippen LogP contribution in [0.25, 0.3) is 0 Å². The number of carbonyl (C=O) groups is 1. The highest BCUT2D eigenvalue weighted by molar-refractivity contribution is 5.97. The molecule has 0 radical (unpaired) electrons. The van der Waals surface area contributed by atoms with Gasteiger partial charge in [0.25, 0.3) is 0 Å². The molecule has 0 saturated carbocycles. The number of anilines is 1.